The Labute approximate surface area is 173 Å². The number of benzene rings is 1. The van der Waals surface area contributed by atoms with Gasteiger partial charge in [-0.1, -0.05) is 12.1 Å². The largest absolute Gasteiger partial charge is 0.325 e. The van der Waals surface area contributed by atoms with Crippen molar-refractivity contribution in [3.63, 3.8) is 0 Å². The van der Waals surface area contributed by atoms with Crippen LogP contribution in [0.1, 0.15) is 32.4 Å². The lowest BCUT2D eigenvalue weighted by atomic mass is 9.88. The van der Waals surface area contributed by atoms with Crippen LogP contribution >= 0.6 is 11.9 Å². The third-order valence-corrected chi connectivity index (χ3v) is 5.85. The van der Waals surface area contributed by atoms with Gasteiger partial charge < -0.3 is 5.32 Å². The first-order valence-corrected chi connectivity index (χ1v) is 10.3. The molecule has 0 unspecified atom stereocenters. The second-order valence-corrected chi connectivity index (χ2v) is 8.57. The number of amides is 1. The highest BCUT2D eigenvalue weighted by atomic mass is 32.2. The van der Waals surface area contributed by atoms with E-state index in [2.05, 4.69) is 30.0 Å². The number of aromatic nitrogens is 4. The molecular weight excluding hydrogens is 384 g/mol. The monoisotopic (exact) mass is 406 g/mol. The van der Waals surface area contributed by atoms with E-state index in [1.54, 1.807) is 36.6 Å². The molecule has 0 spiro atoms. The van der Waals surface area contributed by atoms with Crippen molar-refractivity contribution in [3.8, 4) is 11.1 Å². The molecule has 0 atom stereocenters. The Bertz CT molecular complexity index is 990. The van der Waals surface area contributed by atoms with Crippen LogP contribution in [0.15, 0.2) is 55.2 Å². The molecule has 1 aliphatic rings. The standard InChI is InChI=1S/C21H22N6OS/c1-21(2,18-9-10-24-20(26-18)27-29-17-7-8-17)19(28)25-16-5-3-14(4-6-16)15-11-22-13-23-12-15/h3-6,9-13,17H,7-8H2,1-2H3,(H,25,28)(H,24,26,27). The minimum absolute atomic E-state index is 0.132. The van der Waals surface area contributed by atoms with Crippen LogP contribution in [0.5, 0.6) is 0 Å². The Hall–Kier alpha value is -3.00. The number of hydrogen-bond donors (Lipinski definition) is 2. The highest BCUT2D eigenvalue weighted by Gasteiger charge is 2.32. The lowest BCUT2D eigenvalue weighted by molar-refractivity contribution is -0.120. The van der Waals surface area contributed by atoms with E-state index >= 15 is 0 Å². The van der Waals surface area contributed by atoms with Crippen molar-refractivity contribution in [2.45, 2.75) is 37.4 Å². The van der Waals surface area contributed by atoms with Crippen LogP contribution in [-0.4, -0.2) is 31.1 Å². The van der Waals surface area contributed by atoms with Crippen LogP contribution in [-0.2, 0) is 10.2 Å². The van der Waals surface area contributed by atoms with E-state index < -0.39 is 5.41 Å². The van der Waals surface area contributed by atoms with Crippen molar-refractivity contribution in [2.75, 3.05) is 10.0 Å². The summed E-state index contributed by atoms with van der Waals surface area (Å²) in [5.41, 5.74) is 2.50. The molecule has 1 saturated carbocycles. The lowest BCUT2D eigenvalue weighted by Gasteiger charge is -2.23. The summed E-state index contributed by atoms with van der Waals surface area (Å²) in [6.07, 6.45) is 9.14. The fraction of sp³-hybridized carbons (Fsp3) is 0.286. The third kappa shape index (κ3) is 4.71. The van der Waals surface area contributed by atoms with Crippen molar-refractivity contribution in [1.29, 1.82) is 0 Å². The molecule has 8 heteroatoms. The van der Waals surface area contributed by atoms with Crippen molar-refractivity contribution in [1.82, 2.24) is 19.9 Å². The van der Waals surface area contributed by atoms with Gasteiger partial charge in [0.25, 0.3) is 0 Å². The van der Waals surface area contributed by atoms with E-state index in [-0.39, 0.29) is 5.91 Å². The topological polar surface area (TPSA) is 92.7 Å². The summed E-state index contributed by atoms with van der Waals surface area (Å²) < 4.78 is 3.18. The van der Waals surface area contributed by atoms with Crippen LogP contribution in [0.2, 0.25) is 0 Å². The zero-order valence-corrected chi connectivity index (χ0v) is 17.1. The van der Waals surface area contributed by atoms with Crippen LogP contribution in [0, 0.1) is 0 Å². The van der Waals surface area contributed by atoms with Crippen molar-refractivity contribution < 1.29 is 4.79 Å². The molecule has 0 radical (unpaired) electrons. The summed E-state index contributed by atoms with van der Waals surface area (Å²) in [7, 11) is 0. The second-order valence-electron chi connectivity index (χ2n) is 7.47. The molecule has 1 aromatic carbocycles. The van der Waals surface area contributed by atoms with Gasteiger partial charge in [-0.15, -0.1) is 0 Å². The van der Waals surface area contributed by atoms with Gasteiger partial charge in [0.15, 0.2) is 0 Å². The summed E-state index contributed by atoms with van der Waals surface area (Å²) in [5.74, 6) is 0.405. The average molecular weight is 407 g/mol. The quantitative estimate of drug-likeness (QED) is 0.571. The highest BCUT2D eigenvalue weighted by molar-refractivity contribution is 8.01. The van der Waals surface area contributed by atoms with E-state index in [1.165, 1.54) is 19.2 Å². The van der Waals surface area contributed by atoms with E-state index in [1.807, 2.05) is 38.1 Å². The molecule has 0 bridgehead atoms. The second kappa shape index (κ2) is 8.16. The molecule has 3 aromatic rings. The van der Waals surface area contributed by atoms with E-state index in [9.17, 15) is 4.79 Å². The average Bonchev–Trinajstić information content (AvgIpc) is 3.58. The van der Waals surface area contributed by atoms with Gasteiger partial charge in [-0.3, -0.25) is 9.52 Å². The van der Waals surface area contributed by atoms with Gasteiger partial charge in [0, 0.05) is 35.1 Å². The summed E-state index contributed by atoms with van der Waals surface area (Å²) in [6.45, 7) is 3.72. The lowest BCUT2D eigenvalue weighted by Crippen LogP contribution is -2.35. The van der Waals surface area contributed by atoms with E-state index in [4.69, 9.17) is 0 Å². The first-order chi connectivity index (χ1) is 14.0. The number of carbonyl (C=O) groups excluding carboxylic acids is 1. The Morgan fingerprint density at radius 2 is 1.79 bits per heavy atom. The summed E-state index contributed by atoms with van der Waals surface area (Å²) in [5, 5.41) is 3.63. The molecule has 4 rings (SSSR count). The molecule has 2 N–H and O–H groups in total. The molecule has 1 amide bonds. The Morgan fingerprint density at radius 3 is 2.48 bits per heavy atom. The number of hydrogen-bond acceptors (Lipinski definition) is 7. The van der Waals surface area contributed by atoms with Crippen molar-refractivity contribution in [3.05, 3.63) is 60.9 Å². The molecule has 0 saturated heterocycles. The normalized spacial score (nSPS) is 13.7. The predicted molar refractivity (Wildman–Crippen MR) is 115 cm³/mol. The maximum absolute atomic E-state index is 13.0. The van der Waals surface area contributed by atoms with Gasteiger partial charge in [-0.25, -0.2) is 19.9 Å². The van der Waals surface area contributed by atoms with Crippen LogP contribution in [0.25, 0.3) is 11.1 Å². The molecular formula is C21H22N6OS. The zero-order chi connectivity index (χ0) is 20.3. The molecule has 148 valence electrons. The molecule has 2 heterocycles. The van der Waals surface area contributed by atoms with Crippen LogP contribution < -0.4 is 10.0 Å². The smallest absolute Gasteiger partial charge is 0.236 e. The third-order valence-electron chi connectivity index (χ3n) is 4.74. The summed E-state index contributed by atoms with van der Waals surface area (Å²) >= 11 is 1.64. The Morgan fingerprint density at radius 1 is 1.07 bits per heavy atom. The van der Waals surface area contributed by atoms with E-state index in [0.29, 0.717) is 16.9 Å². The SMILES string of the molecule is CC(C)(C(=O)Nc1ccc(-c2cncnc2)cc1)c1ccnc(NSC2CC2)n1. The molecule has 7 nitrogen and oxygen atoms in total. The first kappa shape index (κ1) is 19.3. The van der Waals surface area contributed by atoms with Gasteiger partial charge in [0.05, 0.1) is 11.1 Å². The number of carbonyl (C=O) groups is 1. The number of anilines is 2. The number of nitrogens with one attached hydrogen (secondary N) is 2. The van der Waals surface area contributed by atoms with Gasteiger partial charge in [-0.2, -0.15) is 0 Å². The first-order valence-electron chi connectivity index (χ1n) is 9.44. The summed E-state index contributed by atoms with van der Waals surface area (Å²) in [6, 6.07) is 9.39. The predicted octanol–water partition coefficient (Wildman–Crippen LogP) is 4.07. The van der Waals surface area contributed by atoms with Gasteiger partial charge >= 0.3 is 0 Å². The molecule has 29 heavy (non-hydrogen) atoms. The van der Waals surface area contributed by atoms with Gasteiger partial charge in [0.2, 0.25) is 11.9 Å². The highest BCUT2D eigenvalue weighted by Crippen LogP contribution is 2.34. The maximum Gasteiger partial charge on any atom is 0.236 e. The molecule has 1 fully saturated rings. The fourth-order valence-electron chi connectivity index (χ4n) is 2.68. The molecule has 2 aromatic heterocycles. The zero-order valence-electron chi connectivity index (χ0n) is 16.3. The van der Waals surface area contributed by atoms with Gasteiger partial charge in [0.1, 0.15) is 6.33 Å². The van der Waals surface area contributed by atoms with E-state index in [0.717, 1.165) is 16.8 Å². The number of nitrogens with zero attached hydrogens (tertiary/aromatic N) is 4. The Kier molecular flexibility index (Phi) is 5.44. The van der Waals surface area contributed by atoms with Crippen molar-refractivity contribution in [2.24, 2.45) is 0 Å². The maximum atomic E-state index is 13.0. The minimum atomic E-state index is -0.810. The molecule has 0 aliphatic heterocycles. The molecule has 1 aliphatic carbocycles. The van der Waals surface area contributed by atoms with Crippen LogP contribution in [0.4, 0.5) is 11.6 Å². The number of rotatable bonds is 7. The van der Waals surface area contributed by atoms with Crippen molar-refractivity contribution >= 4 is 29.5 Å². The summed E-state index contributed by atoms with van der Waals surface area (Å²) in [4.78, 5) is 29.8. The van der Waals surface area contributed by atoms with Crippen LogP contribution in [0.3, 0.4) is 0 Å². The van der Waals surface area contributed by atoms with Gasteiger partial charge in [-0.05, 0) is 62.4 Å². The fourth-order valence-corrected chi connectivity index (χ4v) is 3.42. The minimum Gasteiger partial charge on any atom is -0.325 e. The Balaban J connectivity index is 1.44.